The van der Waals surface area contributed by atoms with Crippen LogP contribution >= 0.6 is 0 Å². The third-order valence-electron chi connectivity index (χ3n) is 2.43. The first kappa shape index (κ1) is 16.1. The second kappa shape index (κ2) is 6.48. The fourth-order valence-corrected chi connectivity index (χ4v) is 1.46. The molecule has 1 unspecified atom stereocenters. The van der Waals surface area contributed by atoms with Gasteiger partial charge in [0.25, 0.3) is 0 Å². The minimum atomic E-state index is -1.37. The summed E-state index contributed by atoms with van der Waals surface area (Å²) in [4.78, 5) is 43.8. The Morgan fingerprint density at radius 1 is 1.00 bits per heavy atom. The summed E-state index contributed by atoms with van der Waals surface area (Å²) in [6.45, 7) is 0. The molecular weight excluding hydrogens is 284 g/mol. The van der Waals surface area contributed by atoms with E-state index in [1.165, 1.54) is 0 Å². The number of benzene rings is 1. The lowest BCUT2D eigenvalue weighted by molar-refractivity contribution is -0.138. The first-order chi connectivity index (χ1) is 9.70. The average Bonchev–Trinajstić information content (AvgIpc) is 2.37. The van der Waals surface area contributed by atoms with E-state index in [1.54, 1.807) is 0 Å². The second-order valence-electron chi connectivity index (χ2n) is 4.10. The third kappa shape index (κ3) is 4.58. The van der Waals surface area contributed by atoms with E-state index in [1.807, 2.05) is 0 Å². The second-order valence-corrected chi connectivity index (χ2v) is 4.10. The number of nitrogens with one attached hydrogen (secondary N) is 1. The number of carbonyl (C=O) groups is 4. The van der Waals surface area contributed by atoms with Gasteiger partial charge in [0, 0.05) is 5.69 Å². The molecule has 0 aliphatic carbocycles. The van der Waals surface area contributed by atoms with Crippen LogP contribution in [0.2, 0.25) is 0 Å². The summed E-state index contributed by atoms with van der Waals surface area (Å²) in [6.07, 6.45) is -0.615. The molecule has 0 aliphatic rings. The minimum absolute atomic E-state index is 0.0989. The number of nitrogens with two attached hydrogens (primary N) is 1. The Morgan fingerprint density at radius 2 is 1.48 bits per heavy atom. The largest absolute Gasteiger partial charge is 0.481 e. The van der Waals surface area contributed by atoms with Gasteiger partial charge in [-0.15, -0.1) is 0 Å². The van der Waals surface area contributed by atoms with Crippen molar-refractivity contribution >= 4 is 29.5 Å². The maximum Gasteiger partial charge on any atom is 0.335 e. The van der Waals surface area contributed by atoms with Gasteiger partial charge in [0.05, 0.1) is 23.6 Å². The smallest absolute Gasteiger partial charge is 0.335 e. The Balaban J connectivity index is 3.02. The number of anilines is 1. The predicted molar refractivity (Wildman–Crippen MR) is 69.2 cm³/mol. The Bertz CT molecular complexity index is 579. The van der Waals surface area contributed by atoms with E-state index in [0.717, 1.165) is 18.2 Å². The molecule has 0 heterocycles. The zero-order valence-corrected chi connectivity index (χ0v) is 10.6. The summed E-state index contributed by atoms with van der Waals surface area (Å²) in [7, 11) is 0. The molecule has 0 saturated heterocycles. The van der Waals surface area contributed by atoms with Crippen LogP contribution in [0.15, 0.2) is 18.2 Å². The Labute approximate surface area is 118 Å². The molecule has 0 aromatic heterocycles. The average molecular weight is 296 g/mol. The van der Waals surface area contributed by atoms with Crippen molar-refractivity contribution in [2.24, 2.45) is 5.73 Å². The molecule has 1 aromatic carbocycles. The van der Waals surface area contributed by atoms with Gasteiger partial charge in [-0.1, -0.05) is 0 Å². The number of carboxylic acid groups (broad SMARTS) is 3. The molecule has 1 amide bonds. The first-order valence-corrected chi connectivity index (χ1v) is 5.60. The van der Waals surface area contributed by atoms with Crippen molar-refractivity contribution in [1.29, 1.82) is 0 Å². The lowest BCUT2D eigenvalue weighted by Crippen LogP contribution is -2.37. The summed E-state index contributed by atoms with van der Waals surface area (Å²) in [5, 5.41) is 28.4. The molecule has 1 rings (SSSR count). The number of aliphatic carboxylic acids is 1. The number of hydrogen-bond acceptors (Lipinski definition) is 5. The van der Waals surface area contributed by atoms with Crippen LogP contribution in [0.1, 0.15) is 27.1 Å². The molecule has 1 aromatic rings. The van der Waals surface area contributed by atoms with Gasteiger partial charge in [-0.2, -0.15) is 0 Å². The molecule has 9 heteroatoms. The number of carbonyl (C=O) groups excluding carboxylic acids is 1. The van der Waals surface area contributed by atoms with Gasteiger partial charge in [-0.25, -0.2) is 9.59 Å². The highest BCUT2D eigenvalue weighted by Gasteiger charge is 2.18. The predicted octanol–water partition coefficient (Wildman–Crippen LogP) is -0.176. The van der Waals surface area contributed by atoms with E-state index >= 15 is 0 Å². The zero-order chi connectivity index (χ0) is 16.2. The van der Waals surface area contributed by atoms with Crippen LogP contribution in [0.5, 0.6) is 0 Å². The van der Waals surface area contributed by atoms with E-state index in [0.29, 0.717) is 0 Å². The highest BCUT2D eigenvalue weighted by Crippen LogP contribution is 2.16. The van der Waals surface area contributed by atoms with Gasteiger partial charge in [-0.05, 0) is 18.2 Å². The quantitative estimate of drug-likeness (QED) is 0.482. The lowest BCUT2D eigenvalue weighted by atomic mass is 10.1. The van der Waals surface area contributed by atoms with Crippen molar-refractivity contribution in [1.82, 2.24) is 0 Å². The molecule has 0 saturated carbocycles. The third-order valence-corrected chi connectivity index (χ3v) is 2.43. The van der Waals surface area contributed by atoms with Crippen LogP contribution in [-0.4, -0.2) is 45.2 Å². The van der Waals surface area contributed by atoms with Crippen LogP contribution in [0.3, 0.4) is 0 Å². The summed E-state index contributed by atoms with van der Waals surface area (Å²) in [5.41, 5.74) is 4.57. The molecule has 0 fully saturated rings. The fraction of sp³-hybridized carbons (Fsp3) is 0.167. The van der Waals surface area contributed by atoms with Crippen molar-refractivity contribution in [3.05, 3.63) is 29.3 Å². The molecule has 9 nitrogen and oxygen atoms in total. The fourth-order valence-electron chi connectivity index (χ4n) is 1.46. The van der Waals surface area contributed by atoms with Crippen LogP contribution in [0.4, 0.5) is 5.69 Å². The number of carboxylic acids is 3. The minimum Gasteiger partial charge on any atom is -0.481 e. The normalized spacial score (nSPS) is 11.5. The highest BCUT2D eigenvalue weighted by molar-refractivity contribution is 6.00. The molecular formula is C12H12N2O7. The van der Waals surface area contributed by atoms with Crippen molar-refractivity contribution in [2.75, 3.05) is 5.32 Å². The van der Waals surface area contributed by atoms with Gasteiger partial charge in [0.1, 0.15) is 0 Å². The van der Waals surface area contributed by atoms with Gasteiger partial charge >= 0.3 is 17.9 Å². The molecule has 0 bridgehead atoms. The van der Waals surface area contributed by atoms with Gasteiger partial charge < -0.3 is 26.4 Å². The van der Waals surface area contributed by atoms with Crippen molar-refractivity contribution in [3.63, 3.8) is 0 Å². The zero-order valence-electron chi connectivity index (χ0n) is 10.6. The van der Waals surface area contributed by atoms with E-state index in [-0.39, 0.29) is 16.8 Å². The van der Waals surface area contributed by atoms with E-state index in [2.05, 4.69) is 5.32 Å². The standard InChI is InChI=1S/C12H12N2O7/c13-8(4-9(15)16)10(17)14-7-2-5(11(18)19)1-6(3-7)12(20)21/h1-3,8H,4,13H2,(H,14,17)(H,15,16)(H,18,19)(H,20,21). The molecule has 112 valence electrons. The summed E-state index contributed by atoms with van der Waals surface area (Å²) < 4.78 is 0. The monoisotopic (exact) mass is 296 g/mol. The Kier molecular flexibility index (Phi) is 4.97. The highest BCUT2D eigenvalue weighted by atomic mass is 16.4. The molecule has 21 heavy (non-hydrogen) atoms. The number of aromatic carboxylic acids is 2. The van der Waals surface area contributed by atoms with Gasteiger partial charge in [0.2, 0.25) is 5.91 Å². The molecule has 0 radical (unpaired) electrons. The summed E-state index contributed by atoms with van der Waals surface area (Å²) in [6, 6.07) is 1.67. The number of amides is 1. The van der Waals surface area contributed by atoms with Crippen LogP contribution < -0.4 is 11.1 Å². The number of hydrogen-bond donors (Lipinski definition) is 5. The van der Waals surface area contributed by atoms with E-state index < -0.39 is 36.3 Å². The summed E-state index contributed by atoms with van der Waals surface area (Å²) >= 11 is 0. The van der Waals surface area contributed by atoms with E-state index in [4.69, 9.17) is 21.1 Å². The Morgan fingerprint density at radius 3 is 1.86 bits per heavy atom. The molecule has 0 aliphatic heterocycles. The van der Waals surface area contributed by atoms with Gasteiger partial charge in [0.15, 0.2) is 0 Å². The van der Waals surface area contributed by atoms with Crippen molar-refractivity contribution < 1.29 is 34.5 Å². The summed E-state index contributed by atoms with van der Waals surface area (Å²) in [5.74, 6) is -4.88. The maximum absolute atomic E-state index is 11.6. The van der Waals surface area contributed by atoms with Gasteiger partial charge in [-0.3, -0.25) is 9.59 Å². The van der Waals surface area contributed by atoms with Crippen LogP contribution in [-0.2, 0) is 9.59 Å². The van der Waals surface area contributed by atoms with Crippen molar-refractivity contribution in [2.45, 2.75) is 12.5 Å². The van der Waals surface area contributed by atoms with Crippen molar-refractivity contribution in [3.8, 4) is 0 Å². The molecule has 1 atom stereocenters. The van der Waals surface area contributed by atoms with E-state index in [9.17, 15) is 19.2 Å². The van der Waals surface area contributed by atoms with Crippen LogP contribution in [0.25, 0.3) is 0 Å². The number of rotatable bonds is 6. The topological polar surface area (TPSA) is 167 Å². The lowest BCUT2D eigenvalue weighted by Gasteiger charge is -2.11. The Hall–Kier alpha value is -2.94. The molecule has 0 spiro atoms. The SMILES string of the molecule is NC(CC(=O)O)C(=O)Nc1cc(C(=O)O)cc(C(=O)O)c1. The maximum atomic E-state index is 11.6. The molecule has 6 N–H and O–H groups in total. The van der Waals surface area contributed by atoms with Crippen LogP contribution in [0, 0.1) is 0 Å². The first-order valence-electron chi connectivity index (χ1n) is 5.60.